The van der Waals surface area contributed by atoms with Gasteiger partial charge in [0, 0.05) is 9.85 Å². The molecule has 1 aromatic heterocycles. The standard InChI is InChI=1S/C13H10BrFN2O3S/c1-2-20-13(19)12-17-10(6-21-12)11(18)16-9-4-3-7(15)5-8(9)14/h3-6H,2H2,1H3,(H,16,18). The number of amides is 1. The molecule has 0 unspecified atom stereocenters. The minimum absolute atomic E-state index is 0.0966. The number of nitrogens with one attached hydrogen (secondary N) is 1. The number of rotatable bonds is 4. The third-order valence-electron chi connectivity index (χ3n) is 2.37. The van der Waals surface area contributed by atoms with Gasteiger partial charge in [-0.05, 0) is 41.1 Å². The van der Waals surface area contributed by atoms with Gasteiger partial charge in [0.25, 0.3) is 5.91 Å². The molecule has 8 heteroatoms. The van der Waals surface area contributed by atoms with E-state index in [9.17, 15) is 14.0 Å². The van der Waals surface area contributed by atoms with E-state index in [-0.39, 0.29) is 17.3 Å². The van der Waals surface area contributed by atoms with Gasteiger partial charge in [-0.25, -0.2) is 14.2 Å². The summed E-state index contributed by atoms with van der Waals surface area (Å²) in [6.45, 7) is 1.92. The fourth-order valence-electron chi connectivity index (χ4n) is 1.44. The molecule has 0 saturated heterocycles. The number of thiazole rings is 1. The molecule has 110 valence electrons. The van der Waals surface area contributed by atoms with E-state index in [1.165, 1.54) is 23.6 Å². The van der Waals surface area contributed by atoms with Gasteiger partial charge >= 0.3 is 5.97 Å². The topological polar surface area (TPSA) is 68.3 Å². The Kier molecular flexibility index (Phi) is 5.03. The third-order valence-corrected chi connectivity index (χ3v) is 3.84. The van der Waals surface area contributed by atoms with E-state index in [1.807, 2.05) is 0 Å². The molecule has 0 atom stereocenters. The minimum atomic E-state index is -0.565. The first kappa shape index (κ1) is 15.6. The molecule has 2 aromatic rings. The molecule has 0 aliphatic heterocycles. The monoisotopic (exact) mass is 372 g/mol. The van der Waals surface area contributed by atoms with Gasteiger partial charge in [0.15, 0.2) is 0 Å². The van der Waals surface area contributed by atoms with Crippen LogP contribution in [0.1, 0.15) is 27.2 Å². The molecule has 0 aliphatic rings. The number of halogens is 2. The maximum Gasteiger partial charge on any atom is 0.367 e. The third kappa shape index (κ3) is 3.85. The second kappa shape index (κ2) is 6.77. The lowest BCUT2D eigenvalue weighted by atomic mass is 10.3. The zero-order valence-electron chi connectivity index (χ0n) is 10.9. The molecule has 0 aliphatic carbocycles. The van der Waals surface area contributed by atoms with Gasteiger partial charge in [0.1, 0.15) is 11.5 Å². The van der Waals surface area contributed by atoms with Crippen molar-refractivity contribution in [1.29, 1.82) is 0 Å². The summed E-state index contributed by atoms with van der Waals surface area (Å²) in [7, 11) is 0. The average molecular weight is 373 g/mol. The summed E-state index contributed by atoms with van der Waals surface area (Å²) in [5, 5.41) is 4.15. The van der Waals surface area contributed by atoms with Crippen LogP contribution in [0.25, 0.3) is 0 Å². The largest absolute Gasteiger partial charge is 0.461 e. The Hall–Kier alpha value is -1.80. The first-order valence-electron chi connectivity index (χ1n) is 5.90. The number of benzene rings is 1. The van der Waals surface area contributed by atoms with Crippen LogP contribution < -0.4 is 5.32 Å². The second-order valence-corrected chi connectivity index (χ2v) is 5.55. The van der Waals surface area contributed by atoms with Crippen molar-refractivity contribution in [2.75, 3.05) is 11.9 Å². The first-order valence-corrected chi connectivity index (χ1v) is 7.57. The van der Waals surface area contributed by atoms with Crippen molar-refractivity contribution in [2.24, 2.45) is 0 Å². The molecule has 0 fully saturated rings. The maximum absolute atomic E-state index is 13.0. The van der Waals surface area contributed by atoms with Crippen LogP contribution in [0.2, 0.25) is 0 Å². The van der Waals surface area contributed by atoms with Gasteiger partial charge in [-0.2, -0.15) is 0 Å². The normalized spacial score (nSPS) is 10.2. The number of carbonyl (C=O) groups excluding carboxylic acids is 2. The van der Waals surface area contributed by atoms with Crippen LogP contribution in [0.4, 0.5) is 10.1 Å². The lowest BCUT2D eigenvalue weighted by Gasteiger charge is -2.05. The molecule has 0 saturated carbocycles. The zero-order chi connectivity index (χ0) is 15.4. The van der Waals surface area contributed by atoms with Crippen molar-refractivity contribution in [2.45, 2.75) is 6.92 Å². The highest BCUT2D eigenvalue weighted by molar-refractivity contribution is 9.10. The van der Waals surface area contributed by atoms with Crippen LogP contribution in [-0.4, -0.2) is 23.5 Å². The Morgan fingerprint density at radius 2 is 2.24 bits per heavy atom. The summed E-state index contributed by atoms with van der Waals surface area (Å²) in [5.74, 6) is -1.48. The lowest BCUT2D eigenvalue weighted by molar-refractivity contribution is 0.0526. The predicted molar refractivity (Wildman–Crippen MR) is 80.1 cm³/mol. The van der Waals surface area contributed by atoms with Crippen LogP contribution in [0, 0.1) is 5.82 Å². The Labute approximate surface area is 132 Å². The van der Waals surface area contributed by atoms with E-state index in [0.717, 1.165) is 11.3 Å². The zero-order valence-corrected chi connectivity index (χ0v) is 13.3. The predicted octanol–water partition coefficient (Wildman–Crippen LogP) is 3.47. The fraction of sp³-hybridized carbons (Fsp3) is 0.154. The molecule has 1 amide bonds. The van der Waals surface area contributed by atoms with Crippen LogP contribution in [0.15, 0.2) is 28.1 Å². The van der Waals surface area contributed by atoms with Crippen LogP contribution in [-0.2, 0) is 4.74 Å². The van der Waals surface area contributed by atoms with E-state index in [4.69, 9.17) is 4.74 Å². The van der Waals surface area contributed by atoms with Crippen molar-refractivity contribution in [3.63, 3.8) is 0 Å². The number of nitrogens with zero attached hydrogens (tertiary/aromatic N) is 1. The Morgan fingerprint density at radius 1 is 1.48 bits per heavy atom. The summed E-state index contributed by atoms with van der Waals surface area (Å²) in [6.07, 6.45) is 0. The second-order valence-electron chi connectivity index (χ2n) is 3.84. The number of ether oxygens (including phenoxy) is 1. The Bertz CT molecular complexity index is 690. The quantitative estimate of drug-likeness (QED) is 0.834. The average Bonchev–Trinajstić information content (AvgIpc) is 2.92. The highest BCUT2D eigenvalue weighted by atomic mass is 79.9. The number of aromatic nitrogens is 1. The molecule has 0 bridgehead atoms. The first-order chi connectivity index (χ1) is 10.0. The van der Waals surface area contributed by atoms with Crippen molar-refractivity contribution >= 4 is 44.8 Å². The number of carbonyl (C=O) groups is 2. The number of hydrogen-bond donors (Lipinski definition) is 1. The van der Waals surface area contributed by atoms with Gasteiger partial charge in [-0.1, -0.05) is 0 Å². The van der Waals surface area contributed by atoms with Gasteiger partial charge in [-0.15, -0.1) is 11.3 Å². The smallest absolute Gasteiger partial charge is 0.367 e. The van der Waals surface area contributed by atoms with Gasteiger partial charge in [-0.3, -0.25) is 4.79 Å². The summed E-state index contributed by atoms with van der Waals surface area (Å²) in [6, 6.07) is 3.89. The van der Waals surface area contributed by atoms with Crippen molar-refractivity contribution in [1.82, 2.24) is 4.98 Å². The summed E-state index contributed by atoms with van der Waals surface area (Å²) in [4.78, 5) is 27.4. The molecule has 0 radical (unpaired) electrons. The number of esters is 1. The molecule has 1 N–H and O–H groups in total. The van der Waals surface area contributed by atoms with E-state index in [0.29, 0.717) is 10.2 Å². The molecule has 0 spiro atoms. The molecule has 2 rings (SSSR count). The lowest BCUT2D eigenvalue weighted by Crippen LogP contribution is -2.13. The molecular formula is C13H10BrFN2O3S. The summed E-state index contributed by atoms with van der Waals surface area (Å²) in [5.41, 5.74) is 0.506. The number of hydrogen-bond acceptors (Lipinski definition) is 5. The van der Waals surface area contributed by atoms with E-state index >= 15 is 0 Å². The molecule has 1 heterocycles. The van der Waals surface area contributed by atoms with Crippen molar-refractivity contribution in [3.05, 3.63) is 44.6 Å². The molecule has 5 nitrogen and oxygen atoms in total. The van der Waals surface area contributed by atoms with Crippen molar-refractivity contribution < 1.29 is 18.7 Å². The molecule has 1 aromatic carbocycles. The van der Waals surface area contributed by atoms with Crippen LogP contribution in [0.3, 0.4) is 0 Å². The van der Waals surface area contributed by atoms with E-state index < -0.39 is 17.7 Å². The van der Waals surface area contributed by atoms with E-state index in [1.54, 1.807) is 6.92 Å². The van der Waals surface area contributed by atoms with Crippen LogP contribution >= 0.6 is 27.3 Å². The highest BCUT2D eigenvalue weighted by Crippen LogP contribution is 2.24. The van der Waals surface area contributed by atoms with Gasteiger partial charge in [0.05, 0.1) is 12.3 Å². The minimum Gasteiger partial charge on any atom is -0.461 e. The SMILES string of the molecule is CCOC(=O)c1nc(C(=O)Nc2ccc(F)cc2Br)cs1. The van der Waals surface area contributed by atoms with Gasteiger partial charge < -0.3 is 10.1 Å². The summed E-state index contributed by atoms with van der Waals surface area (Å²) < 4.78 is 18.2. The molecular weight excluding hydrogens is 363 g/mol. The fourth-order valence-corrected chi connectivity index (χ4v) is 2.58. The Morgan fingerprint density at radius 3 is 2.90 bits per heavy atom. The Balaban J connectivity index is 2.12. The van der Waals surface area contributed by atoms with E-state index in [2.05, 4.69) is 26.2 Å². The highest BCUT2D eigenvalue weighted by Gasteiger charge is 2.17. The summed E-state index contributed by atoms with van der Waals surface area (Å²) >= 11 is 4.18. The van der Waals surface area contributed by atoms with Crippen molar-refractivity contribution in [3.8, 4) is 0 Å². The van der Waals surface area contributed by atoms with Gasteiger partial charge in [0.2, 0.25) is 5.01 Å². The number of anilines is 1. The molecule has 21 heavy (non-hydrogen) atoms. The van der Waals surface area contributed by atoms with Crippen LogP contribution in [0.5, 0.6) is 0 Å². The maximum atomic E-state index is 13.0.